The molecular weight excluding hydrogens is 216 g/mol. The Hall–Kier alpha value is -0.420. The Morgan fingerprint density at radius 1 is 1.57 bits per heavy atom. The normalized spacial score (nSPS) is 37.8. The molecule has 2 aliphatic heterocycles. The van der Waals surface area contributed by atoms with Gasteiger partial charge >= 0.3 is 5.97 Å². The lowest BCUT2D eigenvalue weighted by Crippen LogP contribution is -2.45. The van der Waals surface area contributed by atoms with Crippen LogP contribution in [0.15, 0.2) is 0 Å². The predicted molar refractivity (Wildman–Crippen MR) is 47.7 cm³/mol. The standard InChI is InChI=1S/C8H11F2NO2.ClH/c1-13-6(12)7-3-2-5(11-7)8(9,10)4-7;/h5,11H,2-4H2,1H3;1H. The third-order valence-electron chi connectivity index (χ3n) is 2.93. The molecule has 3 nitrogen and oxygen atoms in total. The van der Waals surface area contributed by atoms with Crippen LogP contribution in [0.5, 0.6) is 0 Å². The molecule has 82 valence electrons. The molecule has 2 saturated heterocycles. The van der Waals surface area contributed by atoms with Crippen molar-refractivity contribution in [2.45, 2.75) is 36.8 Å². The zero-order valence-electron chi connectivity index (χ0n) is 7.68. The van der Waals surface area contributed by atoms with Crippen LogP contribution in [0.4, 0.5) is 8.78 Å². The van der Waals surface area contributed by atoms with Gasteiger partial charge in [-0.15, -0.1) is 12.4 Å². The highest BCUT2D eigenvalue weighted by Gasteiger charge is 2.64. The van der Waals surface area contributed by atoms with Gasteiger partial charge in [0.2, 0.25) is 0 Å². The number of carbonyl (C=O) groups excluding carboxylic acids is 1. The van der Waals surface area contributed by atoms with Crippen LogP contribution in [0.3, 0.4) is 0 Å². The first-order valence-electron chi connectivity index (χ1n) is 4.24. The molecule has 2 rings (SSSR count). The van der Waals surface area contributed by atoms with Gasteiger partial charge in [0.05, 0.1) is 13.2 Å². The van der Waals surface area contributed by atoms with E-state index in [1.165, 1.54) is 7.11 Å². The molecule has 14 heavy (non-hydrogen) atoms. The quantitative estimate of drug-likeness (QED) is 0.682. The summed E-state index contributed by atoms with van der Waals surface area (Å²) in [5.41, 5.74) is -1.11. The molecule has 0 amide bonds. The molecule has 1 N–H and O–H groups in total. The average Bonchev–Trinajstić information content (AvgIpc) is 2.57. The van der Waals surface area contributed by atoms with Gasteiger partial charge in [-0.25, -0.2) is 8.78 Å². The number of ether oxygens (including phenoxy) is 1. The number of esters is 1. The van der Waals surface area contributed by atoms with E-state index in [1.807, 2.05) is 0 Å². The molecule has 0 saturated carbocycles. The van der Waals surface area contributed by atoms with Gasteiger partial charge in [0, 0.05) is 6.42 Å². The third-order valence-corrected chi connectivity index (χ3v) is 2.93. The Morgan fingerprint density at radius 3 is 2.57 bits per heavy atom. The zero-order valence-corrected chi connectivity index (χ0v) is 8.50. The second-order valence-corrected chi connectivity index (χ2v) is 3.75. The van der Waals surface area contributed by atoms with Gasteiger partial charge in [0.15, 0.2) is 0 Å². The van der Waals surface area contributed by atoms with E-state index >= 15 is 0 Å². The highest BCUT2D eigenvalue weighted by molar-refractivity contribution is 5.85. The van der Waals surface area contributed by atoms with Crippen LogP contribution >= 0.6 is 12.4 Å². The number of carbonyl (C=O) groups is 1. The number of hydrogen-bond acceptors (Lipinski definition) is 3. The van der Waals surface area contributed by atoms with Crippen molar-refractivity contribution in [3.63, 3.8) is 0 Å². The summed E-state index contributed by atoms with van der Waals surface area (Å²) >= 11 is 0. The Kier molecular flexibility index (Phi) is 2.75. The first kappa shape index (κ1) is 11.7. The van der Waals surface area contributed by atoms with Crippen molar-refractivity contribution < 1.29 is 18.3 Å². The minimum absolute atomic E-state index is 0. The highest BCUT2D eigenvalue weighted by Crippen LogP contribution is 2.47. The summed E-state index contributed by atoms with van der Waals surface area (Å²) in [6.45, 7) is 0. The lowest BCUT2D eigenvalue weighted by atomic mass is 9.86. The minimum Gasteiger partial charge on any atom is -0.468 e. The van der Waals surface area contributed by atoms with Gasteiger partial charge < -0.3 is 4.74 Å². The van der Waals surface area contributed by atoms with Crippen LogP contribution in [-0.4, -0.2) is 30.6 Å². The fourth-order valence-corrected chi connectivity index (χ4v) is 2.28. The van der Waals surface area contributed by atoms with Crippen LogP contribution in [0.2, 0.25) is 0 Å². The Labute approximate surface area is 86.6 Å². The van der Waals surface area contributed by atoms with Crippen LogP contribution in [0, 0.1) is 0 Å². The Morgan fingerprint density at radius 2 is 2.21 bits per heavy atom. The Balaban J connectivity index is 0.000000980. The molecule has 0 aromatic carbocycles. The number of rotatable bonds is 1. The molecule has 6 heteroatoms. The molecule has 2 unspecified atom stereocenters. The summed E-state index contributed by atoms with van der Waals surface area (Å²) in [6, 6.07) is -0.841. The van der Waals surface area contributed by atoms with Crippen molar-refractivity contribution in [2.24, 2.45) is 0 Å². The molecule has 0 aliphatic carbocycles. The molecule has 0 radical (unpaired) electrons. The molecule has 2 heterocycles. The van der Waals surface area contributed by atoms with Gasteiger partial charge in [-0.1, -0.05) is 0 Å². The fourth-order valence-electron chi connectivity index (χ4n) is 2.28. The van der Waals surface area contributed by atoms with Crippen LogP contribution < -0.4 is 5.32 Å². The second-order valence-electron chi connectivity index (χ2n) is 3.75. The summed E-state index contributed by atoms with van der Waals surface area (Å²) in [4.78, 5) is 11.3. The molecule has 2 aliphatic rings. The molecular formula is C8H12ClF2NO2. The van der Waals surface area contributed by atoms with Gasteiger partial charge in [0.25, 0.3) is 5.92 Å². The van der Waals surface area contributed by atoms with E-state index in [4.69, 9.17) is 0 Å². The molecule has 0 aromatic rings. The van der Waals surface area contributed by atoms with Crippen molar-refractivity contribution in [3.05, 3.63) is 0 Å². The number of halogens is 3. The number of alkyl halides is 2. The van der Waals surface area contributed by atoms with Gasteiger partial charge in [-0.3, -0.25) is 10.1 Å². The van der Waals surface area contributed by atoms with Crippen molar-refractivity contribution >= 4 is 18.4 Å². The smallest absolute Gasteiger partial charge is 0.326 e. The molecule has 2 fully saturated rings. The maximum Gasteiger partial charge on any atom is 0.326 e. The van der Waals surface area contributed by atoms with E-state index in [0.717, 1.165) is 0 Å². The second kappa shape index (κ2) is 3.31. The van der Waals surface area contributed by atoms with E-state index in [9.17, 15) is 13.6 Å². The third kappa shape index (κ3) is 1.39. The van der Waals surface area contributed by atoms with Gasteiger partial charge in [-0.2, -0.15) is 0 Å². The van der Waals surface area contributed by atoms with Gasteiger partial charge in [-0.05, 0) is 12.8 Å². The summed E-state index contributed by atoms with van der Waals surface area (Å²) in [5.74, 6) is -3.32. The first-order chi connectivity index (χ1) is 6.00. The number of nitrogens with one attached hydrogen (secondary N) is 1. The van der Waals surface area contributed by atoms with Crippen molar-refractivity contribution in [2.75, 3.05) is 7.11 Å². The maximum atomic E-state index is 13.1. The van der Waals surface area contributed by atoms with Crippen molar-refractivity contribution in [1.82, 2.24) is 5.32 Å². The molecule has 2 bridgehead atoms. The van der Waals surface area contributed by atoms with Gasteiger partial charge in [0.1, 0.15) is 5.54 Å². The van der Waals surface area contributed by atoms with E-state index in [0.29, 0.717) is 12.8 Å². The predicted octanol–water partition coefficient (Wildman–Crippen LogP) is 1.11. The molecule has 0 spiro atoms. The van der Waals surface area contributed by atoms with E-state index < -0.39 is 29.9 Å². The van der Waals surface area contributed by atoms with E-state index in [2.05, 4.69) is 10.1 Å². The van der Waals surface area contributed by atoms with E-state index in [-0.39, 0.29) is 12.4 Å². The largest absolute Gasteiger partial charge is 0.468 e. The summed E-state index contributed by atoms with van der Waals surface area (Å²) < 4.78 is 30.7. The maximum absolute atomic E-state index is 13.1. The summed E-state index contributed by atoms with van der Waals surface area (Å²) in [7, 11) is 1.22. The van der Waals surface area contributed by atoms with Crippen LogP contribution in [0.1, 0.15) is 19.3 Å². The van der Waals surface area contributed by atoms with Crippen molar-refractivity contribution in [1.29, 1.82) is 0 Å². The fraction of sp³-hybridized carbons (Fsp3) is 0.875. The van der Waals surface area contributed by atoms with Crippen LogP contribution in [0.25, 0.3) is 0 Å². The zero-order chi connectivity index (χ0) is 9.69. The minimum atomic E-state index is -2.76. The summed E-state index contributed by atoms with van der Waals surface area (Å²) in [5, 5.41) is 2.66. The van der Waals surface area contributed by atoms with Crippen molar-refractivity contribution in [3.8, 4) is 0 Å². The SMILES string of the molecule is COC(=O)C12CCC(N1)C(F)(F)C2.Cl. The lowest BCUT2D eigenvalue weighted by molar-refractivity contribution is -0.149. The molecule has 0 aromatic heterocycles. The number of fused-ring (bicyclic) bond motifs is 2. The summed E-state index contributed by atoms with van der Waals surface area (Å²) in [6.07, 6.45) is 0.388. The Bertz CT molecular complexity index is 262. The number of methoxy groups -OCH3 is 1. The average molecular weight is 228 g/mol. The topological polar surface area (TPSA) is 38.3 Å². The first-order valence-corrected chi connectivity index (χ1v) is 4.24. The highest BCUT2D eigenvalue weighted by atomic mass is 35.5. The number of hydrogen-bond donors (Lipinski definition) is 1. The van der Waals surface area contributed by atoms with E-state index in [1.54, 1.807) is 0 Å². The monoisotopic (exact) mass is 227 g/mol. The lowest BCUT2D eigenvalue weighted by Gasteiger charge is -2.25. The molecule has 2 atom stereocenters. The van der Waals surface area contributed by atoms with Crippen LogP contribution in [-0.2, 0) is 9.53 Å².